The Morgan fingerprint density at radius 3 is 2.23 bits per heavy atom. The Balaban J connectivity index is 2.41. The molecule has 1 heterocycles. The third-order valence-corrected chi connectivity index (χ3v) is 3.93. The van der Waals surface area contributed by atoms with Crippen molar-refractivity contribution in [3.05, 3.63) is 28.2 Å². The standard InChI is InChI=1S/C18H32N2O2/c1-4-5-6-7-8-9-10-11-12-20-15-18(22)17(21)13-16(20)14-19(2)3/h13,15,22H,4-12,14H2,1-3H3. The highest BCUT2D eigenvalue weighted by atomic mass is 16.3. The second-order valence-corrected chi connectivity index (χ2v) is 6.42. The van der Waals surface area contributed by atoms with Gasteiger partial charge in [-0.3, -0.25) is 4.79 Å². The van der Waals surface area contributed by atoms with Crippen molar-refractivity contribution in [2.45, 2.75) is 71.4 Å². The van der Waals surface area contributed by atoms with Crippen LogP contribution in [0.4, 0.5) is 0 Å². The number of nitrogens with zero attached hydrogens (tertiary/aromatic N) is 2. The number of aryl methyl sites for hydroxylation is 1. The highest BCUT2D eigenvalue weighted by Gasteiger charge is 2.06. The van der Waals surface area contributed by atoms with Gasteiger partial charge in [0, 0.05) is 24.8 Å². The Morgan fingerprint density at radius 1 is 1.05 bits per heavy atom. The minimum Gasteiger partial charge on any atom is -0.503 e. The first kappa shape index (κ1) is 18.8. The third kappa shape index (κ3) is 7.12. The molecule has 0 spiro atoms. The number of aromatic hydroxyl groups is 1. The molecule has 22 heavy (non-hydrogen) atoms. The zero-order valence-corrected chi connectivity index (χ0v) is 14.5. The molecule has 0 aliphatic heterocycles. The topological polar surface area (TPSA) is 45.5 Å². The van der Waals surface area contributed by atoms with Crippen LogP contribution in [0.15, 0.2) is 17.1 Å². The van der Waals surface area contributed by atoms with E-state index in [0.717, 1.165) is 18.7 Å². The van der Waals surface area contributed by atoms with E-state index >= 15 is 0 Å². The molecule has 0 atom stereocenters. The minimum atomic E-state index is -0.288. The van der Waals surface area contributed by atoms with Crippen molar-refractivity contribution in [3.63, 3.8) is 0 Å². The quantitative estimate of drug-likeness (QED) is 0.633. The minimum absolute atomic E-state index is 0.151. The van der Waals surface area contributed by atoms with E-state index in [1.807, 2.05) is 23.6 Å². The highest BCUT2D eigenvalue weighted by Crippen LogP contribution is 2.12. The summed E-state index contributed by atoms with van der Waals surface area (Å²) in [4.78, 5) is 13.6. The van der Waals surface area contributed by atoms with Crippen LogP contribution in [-0.4, -0.2) is 28.7 Å². The second kappa shape index (κ2) is 10.4. The van der Waals surface area contributed by atoms with E-state index in [0.29, 0.717) is 6.54 Å². The maximum absolute atomic E-state index is 11.6. The molecule has 0 saturated heterocycles. The lowest BCUT2D eigenvalue weighted by molar-refractivity contribution is 0.379. The average molecular weight is 308 g/mol. The van der Waals surface area contributed by atoms with Crippen LogP contribution in [0.1, 0.15) is 64.0 Å². The largest absolute Gasteiger partial charge is 0.503 e. The molecule has 0 aliphatic carbocycles. The molecule has 1 N–H and O–H groups in total. The smallest absolute Gasteiger partial charge is 0.223 e. The lowest BCUT2D eigenvalue weighted by Gasteiger charge is -2.17. The Kier molecular flexibility index (Phi) is 8.90. The maximum atomic E-state index is 11.6. The molecule has 0 amide bonds. The average Bonchev–Trinajstić information content (AvgIpc) is 2.46. The number of aromatic nitrogens is 1. The Bertz CT molecular complexity index is 480. The van der Waals surface area contributed by atoms with Crippen LogP contribution in [0.3, 0.4) is 0 Å². The molecule has 4 nitrogen and oxygen atoms in total. The van der Waals surface area contributed by atoms with Gasteiger partial charge in [-0.15, -0.1) is 0 Å². The molecule has 0 fully saturated rings. The summed E-state index contributed by atoms with van der Waals surface area (Å²) in [6, 6.07) is 1.56. The lowest BCUT2D eigenvalue weighted by Crippen LogP contribution is -2.19. The van der Waals surface area contributed by atoms with E-state index in [1.54, 1.807) is 12.3 Å². The molecular formula is C18H32N2O2. The van der Waals surface area contributed by atoms with Gasteiger partial charge in [-0.05, 0) is 20.5 Å². The Morgan fingerprint density at radius 2 is 1.64 bits per heavy atom. The van der Waals surface area contributed by atoms with Crippen molar-refractivity contribution in [2.24, 2.45) is 0 Å². The van der Waals surface area contributed by atoms with Crippen molar-refractivity contribution >= 4 is 0 Å². The summed E-state index contributed by atoms with van der Waals surface area (Å²) < 4.78 is 2.02. The zero-order chi connectivity index (χ0) is 16.4. The molecule has 0 aromatic carbocycles. The summed E-state index contributed by atoms with van der Waals surface area (Å²) in [5.74, 6) is -0.151. The van der Waals surface area contributed by atoms with Gasteiger partial charge in [-0.1, -0.05) is 51.9 Å². The summed E-state index contributed by atoms with van der Waals surface area (Å²) in [5, 5.41) is 9.63. The van der Waals surface area contributed by atoms with E-state index in [1.165, 1.54) is 44.9 Å². The van der Waals surface area contributed by atoms with Crippen LogP contribution in [-0.2, 0) is 13.1 Å². The fraction of sp³-hybridized carbons (Fsp3) is 0.722. The molecule has 1 rings (SSSR count). The monoisotopic (exact) mass is 308 g/mol. The first-order valence-corrected chi connectivity index (χ1v) is 8.61. The first-order valence-electron chi connectivity index (χ1n) is 8.61. The van der Waals surface area contributed by atoms with Crippen LogP contribution >= 0.6 is 0 Å². The summed E-state index contributed by atoms with van der Waals surface area (Å²) >= 11 is 0. The molecule has 0 radical (unpaired) electrons. The normalized spacial score (nSPS) is 11.3. The number of hydrogen-bond donors (Lipinski definition) is 1. The van der Waals surface area contributed by atoms with Crippen molar-refractivity contribution in [1.82, 2.24) is 9.47 Å². The number of rotatable bonds is 11. The summed E-state index contributed by atoms with van der Waals surface area (Å²) in [7, 11) is 3.97. The van der Waals surface area contributed by atoms with Crippen molar-refractivity contribution < 1.29 is 5.11 Å². The van der Waals surface area contributed by atoms with E-state index in [4.69, 9.17) is 0 Å². The molecule has 0 saturated carbocycles. The van der Waals surface area contributed by atoms with Gasteiger partial charge < -0.3 is 14.6 Å². The summed E-state index contributed by atoms with van der Waals surface area (Å²) in [6.45, 7) is 3.82. The van der Waals surface area contributed by atoms with Crippen molar-refractivity contribution in [3.8, 4) is 5.75 Å². The van der Waals surface area contributed by atoms with Gasteiger partial charge in [0.25, 0.3) is 0 Å². The Labute approximate surface area is 134 Å². The van der Waals surface area contributed by atoms with Crippen LogP contribution in [0.25, 0.3) is 0 Å². The maximum Gasteiger partial charge on any atom is 0.223 e. The van der Waals surface area contributed by atoms with E-state index in [2.05, 4.69) is 6.92 Å². The van der Waals surface area contributed by atoms with Crippen LogP contribution in [0, 0.1) is 0 Å². The van der Waals surface area contributed by atoms with Gasteiger partial charge in [0.05, 0.1) is 6.20 Å². The number of pyridine rings is 1. The van der Waals surface area contributed by atoms with E-state index < -0.39 is 0 Å². The van der Waals surface area contributed by atoms with Crippen molar-refractivity contribution in [1.29, 1.82) is 0 Å². The van der Waals surface area contributed by atoms with Gasteiger partial charge in [-0.25, -0.2) is 0 Å². The fourth-order valence-electron chi connectivity index (χ4n) is 2.69. The van der Waals surface area contributed by atoms with Gasteiger partial charge in [0.15, 0.2) is 5.75 Å². The number of unbranched alkanes of at least 4 members (excludes halogenated alkanes) is 7. The van der Waals surface area contributed by atoms with Gasteiger partial charge in [0.2, 0.25) is 5.43 Å². The summed E-state index contributed by atoms with van der Waals surface area (Å²) in [5.41, 5.74) is 0.680. The van der Waals surface area contributed by atoms with E-state index in [-0.39, 0.29) is 11.2 Å². The van der Waals surface area contributed by atoms with Crippen LogP contribution in [0.2, 0.25) is 0 Å². The molecule has 4 heteroatoms. The molecule has 126 valence electrons. The molecule has 0 bridgehead atoms. The van der Waals surface area contributed by atoms with Gasteiger partial charge in [-0.2, -0.15) is 0 Å². The lowest BCUT2D eigenvalue weighted by atomic mass is 10.1. The van der Waals surface area contributed by atoms with Crippen LogP contribution in [0.5, 0.6) is 5.75 Å². The fourth-order valence-corrected chi connectivity index (χ4v) is 2.69. The van der Waals surface area contributed by atoms with Crippen molar-refractivity contribution in [2.75, 3.05) is 14.1 Å². The van der Waals surface area contributed by atoms with Gasteiger partial charge in [0.1, 0.15) is 0 Å². The first-order chi connectivity index (χ1) is 10.5. The second-order valence-electron chi connectivity index (χ2n) is 6.42. The molecule has 1 aromatic rings. The number of hydrogen-bond acceptors (Lipinski definition) is 3. The molecule has 1 aromatic heterocycles. The molecular weight excluding hydrogens is 276 g/mol. The predicted octanol–water partition coefficient (Wildman–Crippen LogP) is 3.76. The Hall–Kier alpha value is -1.29. The zero-order valence-electron chi connectivity index (χ0n) is 14.5. The summed E-state index contributed by atoms with van der Waals surface area (Å²) in [6.07, 6.45) is 11.8. The molecule has 0 unspecified atom stereocenters. The third-order valence-electron chi connectivity index (χ3n) is 3.93. The van der Waals surface area contributed by atoms with E-state index in [9.17, 15) is 9.90 Å². The molecule has 0 aliphatic rings. The SMILES string of the molecule is CCCCCCCCCCn1cc(O)c(=O)cc1CN(C)C. The van der Waals surface area contributed by atoms with Crippen LogP contribution < -0.4 is 5.43 Å². The van der Waals surface area contributed by atoms with Gasteiger partial charge >= 0.3 is 0 Å². The highest BCUT2D eigenvalue weighted by molar-refractivity contribution is 5.20. The predicted molar refractivity (Wildman–Crippen MR) is 92.4 cm³/mol.